The molecule has 0 amide bonds. The van der Waals surface area contributed by atoms with Crippen LogP contribution >= 0.6 is 0 Å². The van der Waals surface area contributed by atoms with Crippen LogP contribution in [-0.2, 0) is 11.3 Å². The van der Waals surface area contributed by atoms with Gasteiger partial charge in [-0.05, 0) is 38.5 Å². The zero-order valence-corrected chi connectivity index (χ0v) is 19.4. The molecule has 3 heterocycles. The summed E-state index contributed by atoms with van der Waals surface area (Å²) < 4.78 is 13.3. The molecule has 34 heavy (non-hydrogen) atoms. The van der Waals surface area contributed by atoms with Crippen molar-refractivity contribution in [3.8, 4) is 0 Å². The summed E-state index contributed by atoms with van der Waals surface area (Å²) in [6.45, 7) is 6.71. The highest BCUT2D eigenvalue weighted by Gasteiger charge is 2.35. The molecule has 0 unspecified atom stereocenters. The highest BCUT2D eigenvalue weighted by molar-refractivity contribution is 5.83. The van der Waals surface area contributed by atoms with Crippen LogP contribution in [0.4, 0.5) is 5.69 Å². The van der Waals surface area contributed by atoms with Gasteiger partial charge < -0.3 is 24.3 Å². The third-order valence-corrected chi connectivity index (χ3v) is 6.33. The van der Waals surface area contributed by atoms with Crippen molar-refractivity contribution in [2.24, 2.45) is 0 Å². The zero-order chi connectivity index (χ0) is 24.6. The smallest absolute Gasteiger partial charge is 0.336 e. The minimum absolute atomic E-state index is 0.106. The number of benzene rings is 1. The Bertz CT molecular complexity index is 1370. The van der Waals surface area contributed by atoms with E-state index in [1.165, 1.54) is 16.8 Å². The van der Waals surface area contributed by atoms with Crippen LogP contribution in [0.5, 0.6) is 0 Å². The predicted octanol–water partition coefficient (Wildman–Crippen LogP) is 0.960. The molecular formula is C24H29N3O7. The van der Waals surface area contributed by atoms with Gasteiger partial charge in [0.05, 0.1) is 19.3 Å². The fourth-order valence-corrected chi connectivity index (χ4v) is 4.46. The van der Waals surface area contributed by atoms with Crippen molar-refractivity contribution in [3.05, 3.63) is 72.8 Å². The Morgan fingerprint density at radius 1 is 1.15 bits per heavy atom. The maximum Gasteiger partial charge on any atom is 0.336 e. The van der Waals surface area contributed by atoms with Crippen molar-refractivity contribution in [3.63, 3.8) is 0 Å². The molecule has 1 fully saturated rings. The van der Waals surface area contributed by atoms with Gasteiger partial charge in [0.2, 0.25) is 0 Å². The number of fused-ring (bicyclic) bond motifs is 1. The predicted molar refractivity (Wildman–Crippen MR) is 126 cm³/mol. The molecule has 4 rings (SSSR count). The lowest BCUT2D eigenvalue weighted by Gasteiger charge is -2.21. The molecule has 3 aromatic rings. The van der Waals surface area contributed by atoms with E-state index in [0.717, 1.165) is 23.3 Å². The molecule has 182 valence electrons. The minimum Gasteiger partial charge on any atom is -0.423 e. The summed E-state index contributed by atoms with van der Waals surface area (Å²) in [5, 5.41) is 20.1. The number of nitrogens with zero attached hydrogens (tertiary/aromatic N) is 3. The van der Waals surface area contributed by atoms with Gasteiger partial charge in [0, 0.05) is 54.5 Å². The fourth-order valence-electron chi connectivity index (χ4n) is 4.46. The first-order valence-electron chi connectivity index (χ1n) is 11.4. The molecule has 1 aromatic carbocycles. The maximum atomic E-state index is 13.3. The third-order valence-electron chi connectivity index (χ3n) is 6.33. The fraction of sp³-hybridized carbons (Fsp3) is 0.458. The van der Waals surface area contributed by atoms with Gasteiger partial charge in [0.25, 0.3) is 5.56 Å². The van der Waals surface area contributed by atoms with Crippen LogP contribution in [0.25, 0.3) is 11.0 Å². The highest BCUT2D eigenvalue weighted by Crippen LogP contribution is 2.28. The first-order chi connectivity index (χ1) is 16.3. The SMILES string of the molecule is CCN(CC)c1ccc2c(Cn3c(=O)c(C)cn([C@H]4C[C@H](O)[C@@H](CO)O4)c3=O)cc(=O)oc2c1. The van der Waals surface area contributed by atoms with Crippen molar-refractivity contribution in [2.45, 2.75) is 52.2 Å². The van der Waals surface area contributed by atoms with Crippen LogP contribution < -0.4 is 21.8 Å². The summed E-state index contributed by atoms with van der Waals surface area (Å²) in [6, 6.07) is 6.81. The first-order valence-corrected chi connectivity index (χ1v) is 11.4. The van der Waals surface area contributed by atoms with E-state index in [1.54, 1.807) is 13.0 Å². The van der Waals surface area contributed by atoms with E-state index in [-0.39, 0.29) is 19.6 Å². The van der Waals surface area contributed by atoms with Gasteiger partial charge in [-0.3, -0.25) is 13.9 Å². The van der Waals surface area contributed by atoms with Crippen molar-refractivity contribution >= 4 is 16.7 Å². The molecule has 3 atom stereocenters. The lowest BCUT2D eigenvalue weighted by Crippen LogP contribution is -2.42. The van der Waals surface area contributed by atoms with E-state index in [4.69, 9.17) is 9.15 Å². The van der Waals surface area contributed by atoms with E-state index in [2.05, 4.69) is 4.90 Å². The molecule has 0 bridgehead atoms. The van der Waals surface area contributed by atoms with Crippen LogP contribution in [0, 0.1) is 6.92 Å². The number of hydrogen-bond acceptors (Lipinski definition) is 8. The Balaban J connectivity index is 1.79. The van der Waals surface area contributed by atoms with Crippen LogP contribution in [0.1, 0.15) is 37.6 Å². The molecule has 1 saturated heterocycles. The van der Waals surface area contributed by atoms with Gasteiger partial charge >= 0.3 is 11.3 Å². The topological polar surface area (TPSA) is 127 Å². The largest absolute Gasteiger partial charge is 0.423 e. The molecule has 10 heteroatoms. The number of hydrogen-bond donors (Lipinski definition) is 2. The van der Waals surface area contributed by atoms with Crippen LogP contribution in [0.2, 0.25) is 0 Å². The Labute approximate surface area is 195 Å². The normalized spacial score (nSPS) is 20.2. The van der Waals surface area contributed by atoms with E-state index >= 15 is 0 Å². The molecule has 2 N–H and O–H groups in total. The maximum absolute atomic E-state index is 13.3. The monoisotopic (exact) mass is 471 g/mol. The molecule has 0 spiro atoms. The average molecular weight is 472 g/mol. The summed E-state index contributed by atoms with van der Waals surface area (Å²) >= 11 is 0. The van der Waals surface area contributed by atoms with E-state index in [0.29, 0.717) is 22.1 Å². The summed E-state index contributed by atoms with van der Waals surface area (Å²) in [6.07, 6.45) is -1.05. The first kappa shape index (κ1) is 23.9. The summed E-state index contributed by atoms with van der Waals surface area (Å²) in [5.41, 5.74) is 0.375. The van der Waals surface area contributed by atoms with Crippen LogP contribution in [-0.4, -0.2) is 51.3 Å². The van der Waals surface area contributed by atoms with Crippen molar-refractivity contribution in [1.29, 1.82) is 0 Å². The van der Waals surface area contributed by atoms with Gasteiger partial charge in [-0.1, -0.05) is 0 Å². The van der Waals surface area contributed by atoms with Gasteiger partial charge in [0.1, 0.15) is 17.9 Å². The Hall–Kier alpha value is -3.21. The molecule has 0 radical (unpaired) electrons. The van der Waals surface area contributed by atoms with Gasteiger partial charge in [-0.25, -0.2) is 9.59 Å². The number of rotatable bonds is 7. The second-order valence-electron chi connectivity index (χ2n) is 8.45. The van der Waals surface area contributed by atoms with Crippen molar-refractivity contribution < 1.29 is 19.4 Å². The Kier molecular flexibility index (Phi) is 6.74. The lowest BCUT2D eigenvalue weighted by atomic mass is 10.1. The summed E-state index contributed by atoms with van der Waals surface area (Å²) in [7, 11) is 0. The standard InChI is InChI=1S/C24H29N3O7/c1-4-25(5-2)16-6-7-17-15(8-22(30)34-19(17)9-16)12-27-23(31)14(3)11-26(24(27)32)21-10-18(29)20(13-28)33-21/h6-9,11,18,20-21,28-29H,4-5,10,12-13H2,1-3H3/t18-,20+,21+/m0/s1. The van der Waals surface area contributed by atoms with Gasteiger partial charge in [0.15, 0.2) is 0 Å². The number of ether oxygens (including phenoxy) is 1. The highest BCUT2D eigenvalue weighted by atomic mass is 16.5. The summed E-state index contributed by atoms with van der Waals surface area (Å²) in [5.74, 6) is 0. The average Bonchev–Trinajstić information content (AvgIpc) is 3.19. The molecule has 1 aliphatic heterocycles. The Morgan fingerprint density at radius 2 is 1.88 bits per heavy atom. The number of aryl methyl sites for hydroxylation is 1. The van der Waals surface area contributed by atoms with Gasteiger partial charge in [-0.15, -0.1) is 0 Å². The zero-order valence-electron chi connectivity index (χ0n) is 19.4. The number of aromatic nitrogens is 2. The molecule has 10 nitrogen and oxygen atoms in total. The molecule has 0 aliphatic carbocycles. The van der Waals surface area contributed by atoms with Gasteiger partial charge in [-0.2, -0.15) is 0 Å². The third kappa shape index (κ3) is 4.31. The Morgan fingerprint density at radius 3 is 2.53 bits per heavy atom. The van der Waals surface area contributed by atoms with E-state index < -0.39 is 35.3 Å². The molecule has 0 saturated carbocycles. The number of aliphatic hydroxyl groups is 2. The quantitative estimate of drug-likeness (QED) is 0.488. The summed E-state index contributed by atoms with van der Waals surface area (Å²) in [4.78, 5) is 40.6. The molecular weight excluding hydrogens is 442 g/mol. The number of anilines is 1. The van der Waals surface area contributed by atoms with E-state index in [9.17, 15) is 24.6 Å². The van der Waals surface area contributed by atoms with Crippen LogP contribution in [0.15, 0.2) is 49.3 Å². The van der Waals surface area contributed by atoms with Crippen molar-refractivity contribution in [2.75, 3.05) is 24.6 Å². The second-order valence-corrected chi connectivity index (χ2v) is 8.45. The van der Waals surface area contributed by atoms with E-state index in [1.807, 2.05) is 26.0 Å². The molecule has 1 aliphatic rings. The number of aliphatic hydroxyl groups excluding tert-OH is 2. The molecule has 2 aromatic heterocycles. The second kappa shape index (κ2) is 9.57. The van der Waals surface area contributed by atoms with Crippen LogP contribution in [0.3, 0.4) is 0 Å². The lowest BCUT2D eigenvalue weighted by molar-refractivity contribution is -0.0463. The van der Waals surface area contributed by atoms with Crippen molar-refractivity contribution in [1.82, 2.24) is 9.13 Å². The minimum atomic E-state index is -0.926.